The van der Waals surface area contributed by atoms with Gasteiger partial charge in [-0.25, -0.2) is 0 Å². The Kier molecular flexibility index (Phi) is 7.84. The number of ether oxygens (including phenoxy) is 3. The molecule has 0 spiro atoms. The van der Waals surface area contributed by atoms with E-state index in [2.05, 4.69) is 5.32 Å². The molecule has 0 saturated heterocycles. The number of nitrogens with one attached hydrogen (secondary N) is 1. The third-order valence-electron chi connectivity index (χ3n) is 5.12. The number of alkyl halides is 3. The first kappa shape index (κ1) is 23.7. The average Bonchev–Trinajstić information content (AvgIpc) is 3.29. The second-order valence-corrected chi connectivity index (χ2v) is 7.59. The molecule has 0 aromatic heterocycles. The van der Waals surface area contributed by atoms with Gasteiger partial charge < -0.3 is 24.6 Å². The maximum atomic E-state index is 12.7. The number of methoxy groups -OCH3 is 1. The van der Waals surface area contributed by atoms with Crippen molar-refractivity contribution in [2.24, 2.45) is 0 Å². The molecule has 2 N–H and O–H groups in total. The van der Waals surface area contributed by atoms with Gasteiger partial charge in [-0.1, -0.05) is 6.07 Å². The smallest absolute Gasteiger partial charge is 0.416 e. The highest BCUT2D eigenvalue weighted by Gasteiger charge is 2.30. The molecule has 2 aromatic rings. The summed E-state index contributed by atoms with van der Waals surface area (Å²) >= 11 is 0. The first-order chi connectivity index (χ1) is 15.3. The van der Waals surface area contributed by atoms with Gasteiger partial charge in [-0.3, -0.25) is 4.79 Å². The van der Waals surface area contributed by atoms with Gasteiger partial charge in [-0.2, -0.15) is 13.2 Å². The molecule has 6 nitrogen and oxygen atoms in total. The third kappa shape index (κ3) is 6.53. The second-order valence-electron chi connectivity index (χ2n) is 7.59. The summed E-state index contributed by atoms with van der Waals surface area (Å²) < 4.78 is 54.8. The first-order valence-electron chi connectivity index (χ1n) is 10.4. The van der Waals surface area contributed by atoms with E-state index in [1.807, 2.05) is 0 Å². The van der Waals surface area contributed by atoms with Crippen molar-refractivity contribution in [3.05, 3.63) is 53.6 Å². The van der Waals surface area contributed by atoms with Gasteiger partial charge in [0.2, 0.25) is 0 Å². The van der Waals surface area contributed by atoms with E-state index < -0.39 is 23.8 Å². The van der Waals surface area contributed by atoms with Crippen LogP contribution in [0, 0.1) is 0 Å². The van der Waals surface area contributed by atoms with Gasteiger partial charge in [0.15, 0.2) is 11.5 Å². The van der Waals surface area contributed by atoms with Crippen LogP contribution in [0.25, 0.3) is 0 Å². The summed E-state index contributed by atoms with van der Waals surface area (Å²) in [4.78, 5) is 12.4. The van der Waals surface area contributed by atoms with Crippen molar-refractivity contribution in [1.82, 2.24) is 5.32 Å². The zero-order chi connectivity index (χ0) is 23.1. The van der Waals surface area contributed by atoms with E-state index in [-0.39, 0.29) is 25.0 Å². The molecule has 1 aliphatic carbocycles. The fraction of sp³-hybridized carbons (Fsp3) is 0.435. The van der Waals surface area contributed by atoms with Gasteiger partial charge >= 0.3 is 6.18 Å². The topological polar surface area (TPSA) is 77.0 Å². The number of aliphatic hydroxyl groups is 1. The lowest BCUT2D eigenvalue weighted by Crippen LogP contribution is -2.35. The van der Waals surface area contributed by atoms with Crippen LogP contribution in [0.4, 0.5) is 13.2 Å². The van der Waals surface area contributed by atoms with Gasteiger partial charge in [0.25, 0.3) is 5.91 Å². The molecule has 0 heterocycles. The van der Waals surface area contributed by atoms with Crippen molar-refractivity contribution >= 4 is 5.91 Å². The molecule has 0 radical (unpaired) electrons. The number of halogens is 3. The lowest BCUT2D eigenvalue weighted by molar-refractivity contribution is -0.137. The van der Waals surface area contributed by atoms with Crippen LogP contribution in [0.3, 0.4) is 0 Å². The van der Waals surface area contributed by atoms with Crippen LogP contribution in [0.15, 0.2) is 42.5 Å². The van der Waals surface area contributed by atoms with E-state index in [1.165, 1.54) is 19.2 Å². The SMILES string of the molecule is COc1cc(C(=O)NCC(O)COc2cccc(C(F)(F)F)c2)ccc1OC1CCCC1. The largest absolute Gasteiger partial charge is 0.493 e. The number of hydrogen-bond donors (Lipinski definition) is 2. The van der Waals surface area contributed by atoms with Gasteiger partial charge in [0.05, 0.1) is 18.8 Å². The molecule has 174 valence electrons. The molecule has 3 rings (SSSR count). The summed E-state index contributed by atoms with van der Waals surface area (Å²) in [6, 6.07) is 9.22. The highest BCUT2D eigenvalue weighted by atomic mass is 19.4. The van der Waals surface area contributed by atoms with Crippen LogP contribution >= 0.6 is 0 Å². The van der Waals surface area contributed by atoms with Crippen LogP contribution in [-0.2, 0) is 6.18 Å². The standard InChI is InChI=1S/C23H26F3NO5/c1-30-21-11-15(9-10-20(21)32-18-6-2-3-7-18)22(29)27-13-17(28)14-31-19-8-4-5-16(12-19)23(24,25)26/h4-5,8-12,17-18,28H,2-3,6-7,13-14H2,1H3,(H,27,29). The van der Waals surface area contributed by atoms with Crippen molar-refractivity contribution in [3.63, 3.8) is 0 Å². The minimum Gasteiger partial charge on any atom is -0.493 e. The molecule has 1 atom stereocenters. The van der Waals surface area contributed by atoms with E-state index in [1.54, 1.807) is 18.2 Å². The monoisotopic (exact) mass is 453 g/mol. The van der Waals surface area contributed by atoms with Crippen LogP contribution in [0.5, 0.6) is 17.2 Å². The zero-order valence-corrected chi connectivity index (χ0v) is 17.7. The Labute approximate surface area is 184 Å². The molecule has 1 aliphatic rings. The maximum absolute atomic E-state index is 12.7. The Bertz CT molecular complexity index is 913. The Morgan fingerprint density at radius 2 is 1.91 bits per heavy atom. The van der Waals surface area contributed by atoms with Crippen molar-refractivity contribution < 1.29 is 37.3 Å². The summed E-state index contributed by atoms with van der Waals surface area (Å²) in [6.07, 6.45) is -1.20. The number of benzene rings is 2. The fourth-order valence-corrected chi connectivity index (χ4v) is 3.42. The van der Waals surface area contributed by atoms with E-state index in [4.69, 9.17) is 14.2 Å². The second kappa shape index (κ2) is 10.6. The molecule has 1 fully saturated rings. The number of carbonyl (C=O) groups excluding carboxylic acids is 1. The minimum absolute atomic E-state index is 0.0206. The molecule has 2 aromatic carbocycles. The molecule has 1 amide bonds. The zero-order valence-electron chi connectivity index (χ0n) is 17.7. The summed E-state index contributed by atoms with van der Waals surface area (Å²) in [5.74, 6) is 0.560. The van der Waals surface area contributed by atoms with Gasteiger partial charge in [-0.05, 0) is 62.1 Å². The minimum atomic E-state index is -4.48. The lowest BCUT2D eigenvalue weighted by atomic mass is 10.1. The van der Waals surface area contributed by atoms with Crippen molar-refractivity contribution in [1.29, 1.82) is 0 Å². The summed E-state index contributed by atoms with van der Waals surface area (Å²) in [5, 5.41) is 12.6. The van der Waals surface area contributed by atoms with Crippen LogP contribution in [0.2, 0.25) is 0 Å². The summed E-state index contributed by atoms with van der Waals surface area (Å²) in [5.41, 5.74) is -0.515. The fourth-order valence-electron chi connectivity index (χ4n) is 3.42. The average molecular weight is 453 g/mol. The number of rotatable bonds is 9. The van der Waals surface area contributed by atoms with E-state index in [9.17, 15) is 23.1 Å². The predicted octanol–water partition coefficient (Wildman–Crippen LogP) is 4.21. The number of hydrogen-bond acceptors (Lipinski definition) is 5. The predicted molar refractivity (Wildman–Crippen MR) is 111 cm³/mol. The van der Waals surface area contributed by atoms with E-state index in [0.29, 0.717) is 17.1 Å². The van der Waals surface area contributed by atoms with E-state index >= 15 is 0 Å². The number of carbonyl (C=O) groups is 1. The molecule has 0 bridgehead atoms. The number of aliphatic hydroxyl groups excluding tert-OH is 1. The van der Waals surface area contributed by atoms with E-state index in [0.717, 1.165) is 37.8 Å². The molecule has 1 unspecified atom stereocenters. The molecular formula is C23H26F3NO5. The quantitative estimate of drug-likeness (QED) is 0.595. The molecule has 1 saturated carbocycles. The Morgan fingerprint density at radius 3 is 2.59 bits per heavy atom. The van der Waals surface area contributed by atoms with Crippen molar-refractivity contribution in [2.75, 3.05) is 20.3 Å². The molecule has 9 heteroatoms. The van der Waals surface area contributed by atoms with Crippen molar-refractivity contribution in [2.45, 2.75) is 44.1 Å². The third-order valence-corrected chi connectivity index (χ3v) is 5.12. The molecule has 0 aliphatic heterocycles. The van der Waals surface area contributed by atoms with Gasteiger partial charge in [0.1, 0.15) is 18.5 Å². The molecule has 32 heavy (non-hydrogen) atoms. The Hall–Kier alpha value is -2.94. The number of amides is 1. The lowest BCUT2D eigenvalue weighted by Gasteiger charge is -2.17. The maximum Gasteiger partial charge on any atom is 0.416 e. The van der Waals surface area contributed by atoms with Crippen molar-refractivity contribution in [3.8, 4) is 17.2 Å². The summed E-state index contributed by atoms with van der Waals surface area (Å²) in [7, 11) is 1.49. The highest BCUT2D eigenvalue weighted by Crippen LogP contribution is 2.33. The van der Waals surface area contributed by atoms with Crippen LogP contribution in [-0.4, -0.2) is 43.5 Å². The van der Waals surface area contributed by atoms with Crippen LogP contribution in [0.1, 0.15) is 41.6 Å². The molecular weight excluding hydrogens is 427 g/mol. The first-order valence-corrected chi connectivity index (χ1v) is 10.4. The van der Waals surface area contributed by atoms with Gasteiger partial charge in [0, 0.05) is 12.1 Å². The normalized spacial score (nSPS) is 15.3. The van der Waals surface area contributed by atoms with Crippen LogP contribution < -0.4 is 19.5 Å². The summed E-state index contributed by atoms with van der Waals surface area (Å²) in [6.45, 7) is -0.417. The highest BCUT2D eigenvalue weighted by molar-refractivity contribution is 5.94. The Balaban J connectivity index is 1.50. The Morgan fingerprint density at radius 1 is 1.16 bits per heavy atom. The van der Waals surface area contributed by atoms with Gasteiger partial charge in [-0.15, -0.1) is 0 Å².